The Balaban J connectivity index is 1.21. The largest absolute Gasteiger partial charge is 0.339 e. The van der Waals surface area contributed by atoms with E-state index in [0.29, 0.717) is 24.9 Å². The van der Waals surface area contributed by atoms with Crippen LogP contribution in [0.15, 0.2) is 12.3 Å². The highest BCUT2D eigenvalue weighted by molar-refractivity contribution is 5.79. The van der Waals surface area contributed by atoms with Gasteiger partial charge in [0.05, 0.1) is 0 Å². The van der Waals surface area contributed by atoms with Crippen LogP contribution in [0.1, 0.15) is 62.4 Å². The maximum absolute atomic E-state index is 12.6. The van der Waals surface area contributed by atoms with E-state index in [9.17, 15) is 9.59 Å². The zero-order chi connectivity index (χ0) is 19.5. The molecule has 152 valence electrons. The zero-order valence-corrected chi connectivity index (χ0v) is 16.8. The van der Waals surface area contributed by atoms with E-state index in [1.807, 2.05) is 24.1 Å². The average molecular weight is 386 g/mol. The Morgan fingerprint density at radius 2 is 1.96 bits per heavy atom. The monoisotopic (exact) mass is 385 g/mol. The van der Waals surface area contributed by atoms with Crippen LogP contribution in [-0.4, -0.2) is 63.9 Å². The Kier molecular flexibility index (Phi) is 5.78. The smallest absolute Gasteiger partial charge is 0.317 e. The van der Waals surface area contributed by atoms with Crippen LogP contribution in [0.4, 0.5) is 4.79 Å². The van der Waals surface area contributed by atoms with Gasteiger partial charge in [0.15, 0.2) is 0 Å². The van der Waals surface area contributed by atoms with Crippen molar-refractivity contribution in [1.82, 2.24) is 25.1 Å². The molecule has 3 aliphatic rings. The van der Waals surface area contributed by atoms with Crippen molar-refractivity contribution in [1.29, 1.82) is 0 Å². The number of rotatable bonds is 4. The second kappa shape index (κ2) is 8.45. The van der Waals surface area contributed by atoms with Gasteiger partial charge < -0.3 is 15.1 Å². The standard InChI is InChI=1S/C21H31N5O2/c1-15-22-9-6-19(24-15)17-7-10-25(11-8-17)21(28)23-13-16-12-20(27)26(14-16)18-4-2-3-5-18/h6,9,16-18H,2-5,7-8,10-14H2,1H3,(H,23,28)/t16-/m0/s1. The van der Waals surface area contributed by atoms with Crippen molar-refractivity contribution in [2.75, 3.05) is 26.2 Å². The molecular weight excluding hydrogens is 354 g/mol. The van der Waals surface area contributed by atoms with Crippen molar-refractivity contribution < 1.29 is 9.59 Å². The molecule has 1 aromatic rings. The molecule has 0 aromatic carbocycles. The van der Waals surface area contributed by atoms with Crippen LogP contribution in [0.3, 0.4) is 0 Å². The molecule has 1 aromatic heterocycles. The molecule has 0 bridgehead atoms. The number of aromatic nitrogens is 2. The molecule has 3 heterocycles. The highest BCUT2D eigenvalue weighted by atomic mass is 16.2. The summed E-state index contributed by atoms with van der Waals surface area (Å²) in [5, 5.41) is 3.07. The van der Waals surface area contributed by atoms with Gasteiger partial charge in [-0.05, 0) is 38.7 Å². The Morgan fingerprint density at radius 1 is 1.21 bits per heavy atom. The van der Waals surface area contributed by atoms with E-state index in [4.69, 9.17) is 0 Å². The van der Waals surface area contributed by atoms with Gasteiger partial charge in [0.25, 0.3) is 0 Å². The molecule has 7 heteroatoms. The fourth-order valence-electron chi connectivity index (χ4n) is 4.94. The number of piperidine rings is 1. The molecule has 2 saturated heterocycles. The summed E-state index contributed by atoms with van der Waals surface area (Å²) in [5.74, 6) is 1.72. The van der Waals surface area contributed by atoms with Gasteiger partial charge in [-0.25, -0.2) is 14.8 Å². The number of amides is 3. The number of urea groups is 1. The molecule has 4 rings (SSSR count). The summed E-state index contributed by atoms with van der Waals surface area (Å²) in [6, 6.07) is 2.43. The Morgan fingerprint density at radius 3 is 2.68 bits per heavy atom. The highest BCUT2D eigenvalue weighted by Crippen LogP contribution is 2.29. The second-order valence-corrected chi connectivity index (χ2v) is 8.53. The van der Waals surface area contributed by atoms with Crippen LogP contribution < -0.4 is 5.32 Å². The second-order valence-electron chi connectivity index (χ2n) is 8.53. The maximum atomic E-state index is 12.6. The normalized spacial score (nSPS) is 24.2. The Labute approximate surface area is 166 Å². The van der Waals surface area contributed by atoms with Gasteiger partial charge in [-0.1, -0.05) is 12.8 Å². The summed E-state index contributed by atoms with van der Waals surface area (Å²) in [4.78, 5) is 37.5. The van der Waals surface area contributed by atoms with Crippen molar-refractivity contribution in [2.45, 2.75) is 63.8 Å². The van der Waals surface area contributed by atoms with Crippen molar-refractivity contribution in [3.8, 4) is 0 Å². The molecule has 28 heavy (non-hydrogen) atoms. The van der Waals surface area contributed by atoms with E-state index in [2.05, 4.69) is 20.2 Å². The SMILES string of the molecule is Cc1nccc(C2CCN(C(=O)NC[C@@H]3CC(=O)N(C4CCCC4)C3)CC2)n1. The van der Waals surface area contributed by atoms with Gasteiger partial charge in [0.2, 0.25) is 5.91 Å². The molecule has 0 unspecified atom stereocenters. The predicted molar refractivity (Wildman–Crippen MR) is 106 cm³/mol. The number of carbonyl (C=O) groups excluding carboxylic acids is 2. The molecule has 1 N–H and O–H groups in total. The summed E-state index contributed by atoms with van der Waals surface area (Å²) < 4.78 is 0. The lowest BCUT2D eigenvalue weighted by atomic mass is 9.93. The summed E-state index contributed by atoms with van der Waals surface area (Å²) in [6.45, 7) is 4.81. The number of hydrogen-bond acceptors (Lipinski definition) is 4. The van der Waals surface area contributed by atoms with Crippen LogP contribution in [0.2, 0.25) is 0 Å². The number of nitrogens with one attached hydrogen (secondary N) is 1. The predicted octanol–water partition coefficient (Wildman–Crippen LogP) is 2.47. The quantitative estimate of drug-likeness (QED) is 0.864. The van der Waals surface area contributed by atoms with Crippen LogP contribution in [0, 0.1) is 12.8 Å². The number of carbonyl (C=O) groups is 2. The van der Waals surface area contributed by atoms with Gasteiger partial charge in [0.1, 0.15) is 5.82 Å². The molecule has 1 atom stereocenters. The summed E-state index contributed by atoms with van der Waals surface area (Å²) in [7, 11) is 0. The average Bonchev–Trinajstić information content (AvgIpc) is 3.36. The van der Waals surface area contributed by atoms with Crippen LogP contribution >= 0.6 is 0 Å². The third-order valence-electron chi connectivity index (χ3n) is 6.54. The van der Waals surface area contributed by atoms with Gasteiger partial charge in [-0.2, -0.15) is 0 Å². The first-order valence-electron chi connectivity index (χ1n) is 10.7. The summed E-state index contributed by atoms with van der Waals surface area (Å²) in [5.41, 5.74) is 1.09. The van der Waals surface area contributed by atoms with Gasteiger partial charge in [-0.3, -0.25) is 4.79 Å². The summed E-state index contributed by atoms with van der Waals surface area (Å²) in [6.07, 6.45) is 9.01. The van der Waals surface area contributed by atoms with Crippen molar-refractivity contribution in [2.24, 2.45) is 5.92 Å². The summed E-state index contributed by atoms with van der Waals surface area (Å²) >= 11 is 0. The molecule has 0 spiro atoms. The third kappa shape index (κ3) is 4.28. The van der Waals surface area contributed by atoms with Crippen LogP contribution in [0.5, 0.6) is 0 Å². The molecule has 1 aliphatic carbocycles. The van der Waals surface area contributed by atoms with Gasteiger partial charge in [0, 0.05) is 62.4 Å². The number of hydrogen-bond donors (Lipinski definition) is 1. The fourth-order valence-corrected chi connectivity index (χ4v) is 4.94. The van der Waals surface area contributed by atoms with E-state index in [0.717, 1.165) is 56.8 Å². The van der Waals surface area contributed by atoms with Gasteiger partial charge >= 0.3 is 6.03 Å². The number of nitrogens with zero attached hydrogens (tertiary/aromatic N) is 4. The van der Waals surface area contributed by atoms with E-state index in [1.54, 1.807) is 0 Å². The first-order chi connectivity index (χ1) is 13.6. The lowest BCUT2D eigenvalue weighted by Crippen LogP contribution is -2.45. The van der Waals surface area contributed by atoms with Crippen molar-refractivity contribution >= 4 is 11.9 Å². The van der Waals surface area contributed by atoms with Crippen LogP contribution in [-0.2, 0) is 4.79 Å². The highest BCUT2D eigenvalue weighted by Gasteiger charge is 2.35. The molecule has 3 fully saturated rings. The molecule has 0 radical (unpaired) electrons. The minimum atomic E-state index is 0.00378. The fraction of sp³-hybridized carbons (Fsp3) is 0.714. The first kappa shape index (κ1) is 19.2. The lowest BCUT2D eigenvalue weighted by Gasteiger charge is -2.32. The van der Waals surface area contributed by atoms with E-state index < -0.39 is 0 Å². The first-order valence-corrected chi connectivity index (χ1v) is 10.7. The lowest BCUT2D eigenvalue weighted by molar-refractivity contribution is -0.129. The Bertz CT molecular complexity index is 711. The van der Waals surface area contributed by atoms with E-state index >= 15 is 0 Å². The molecule has 3 amide bonds. The molecule has 7 nitrogen and oxygen atoms in total. The van der Waals surface area contributed by atoms with E-state index in [-0.39, 0.29) is 17.9 Å². The third-order valence-corrected chi connectivity index (χ3v) is 6.54. The minimum absolute atomic E-state index is 0.00378. The number of likely N-dealkylation sites (tertiary alicyclic amines) is 2. The van der Waals surface area contributed by atoms with Gasteiger partial charge in [-0.15, -0.1) is 0 Å². The topological polar surface area (TPSA) is 78.4 Å². The Hall–Kier alpha value is -2.18. The van der Waals surface area contributed by atoms with Crippen LogP contribution in [0.25, 0.3) is 0 Å². The molecule has 2 aliphatic heterocycles. The van der Waals surface area contributed by atoms with Crippen molar-refractivity contribution in [3.63, 3.8) is 0 Å². The van der Waals surface area contributed by atoms with E-state index in [1.165, 1.54) is 12.8 Å². The minimum Gasteiger partial charge on any atom is -0.339 e. The maximum Gasteiger partial charge on any atom is 0.317 e. The zero-order valence-electron chi connectivity index (χ0n) is 16.8. The molecule has 1 saturated carbocycles. The molecular formula is C21H31N5O2. The number of aryl methyl sites for hydroxylation is 1. The van der Waals surface area contributed by atoms with Crippen molar-refractivity contribution in [3.05, 3.63) is 23.8 Å².